The van der Waals surface area contributed by atoms with Crippen LogP contribution in [-0.2, 0) is 22.7 Å². The molecule has 0 saturated carbocycles. The molecule has 6 heteroatoms. The minimum Gasteiger partial charge on any atom is -0.411 e. The maximum atomic E-state index is 13.3. The first-order chi connectivity index (χ1) is 14.7. The van der Waals surface area contributed by atoms with E-state index >= 15 is 0 Å². The molecule has 2 unspecified atom stereocenters. The monoisotopic (exact) mass is 420 g/mol. The van der Waals surface area contributed by atoms with Crippen LogP contribution in [0.5, 0.6) is 0 Å². The number of nitrogens with zero attached hydrogens (tertiary/aromatic N) is 2. The van der Waals surface area contributed by atoms with E-state index < -0.39 is 12.0 Å². The van der Waals surface area contributed by atoms with Gasteiger partial charge in [-0.15, -0.1) is 0 Å². The lowest BCUT2D eigenvalue weighted by Gasteiger charge is -2.24. The first kappa shape index (κ1) is 20.1. The summed E-state index contributed by atoms with van der Waals surface area (Å²) in [4.78, 5) is 19.3. The van der Waals surface area contributed by atoms with Crippen molar-refractivity contribution in [2.75, 3.05) is 0 Å². The van der Waals surface area contributed by atoms with Crippen LogP contribution in [0, 0.1) is 5.92 Å². The summed E-state index contributed by atoms with van der Waals surface area (Å²) in [6.07, 6.45) is 0.425. The predicted octanol–water partition coefficient (Wildman–Crippen LogP) is 5.04. The summed E-state index contributed by atoms with van der Waals surface area (Å²) < 4.78 is 0. The lowest BCUT2D eigenvalue weighted by molar-refractivity contribution is -0.195. The number of hydroxylamine groups is 2. The van der Waals surface area contributed by atoms with Crippen molar-refractivity contribution in [3.05, 3.63) is 107 Å². The molecule has 3 aromatic rings. The van der Waals surface area contributed by atoms with Crippen LogP contribution in [-0.4, -0.2) is 21.9 Å². The van der Waals surface area contributed by atoms with Gasteiger partial charge in [0.2, 0.25) is 0 Å². The highest BCUT2D eigenvalue weighted by Gasteiger charge is 2.47. The topological polar surface area (TPSA) is 62.1 Å². The predicted molar refractivity (Wildman–Crippen MR) is 115 cm³/mol. The van der Waals surface area contributed by atoms with Crippen molar-refractivity contribution in [2.24, 2.45) is 11.1 Å². The van der Waals surface area contributed by atoms with Gasteiger partial charge in [0, 0.05) is 5.02 Å². The molecule has 1 aliphatic heterocycles. The second kappa shape index (κ2) is 9.11. The van der Waals surface area contributed by atoms with E-state index in [2.05, 4.69) is 5.16 Å². The van der Waals surface area contributed by atoms with Gasteiger partial charge >= 0.3 is 0 Å². The summed E-state index contributed by atoms with van der Waals surface area (Å²) in [5, 5.41) is 15.3. The number of amides is 1. The number of halogens is 1. The Labute approximate surface area is 180 Å². The molecule has 2 atom stereocenters. The SMILES string of the molecule is O=C1C(Cc2ccccc2)C(=NO)C(c2ccc(Cl)cc2)N1OCc1ccccc1. The lowest BCUT2D eigenvalue weighted by atomic mass is 9.92. The summed E-state index contributed by atoms with van der Waals surface area (Å²) in [6.45, 7) is 0.230. The molecular formula is C24H21ClN2O3. The first-order valence-electron chi connectivity index (χ1n) is 9.68. The Kier molecular flexibility index (Phi) is 6.12. The third-order valence-electron chi connectivity index (χ3n) is 5.18. The highest BCUT2D eigenvalue weighted by Crippen LogP contribution is 2.37. The molecule has 1 amide bonds. The Balaban J connectivity index is 1.66. The fourth-order valence-corrected chi connectivity index (χ4v) is 3.82. The molecular weight excluding hydrogens is 400 g/mol. The average Bonchev–Trinajstić information content (AvgIpc) is 3.05. The number of oxime groups is 1. The van der Waals surface area contributed by atoms with Crippen molar-refractivity contribution in [1.29, 1.82) is 0 Å². The molecule has 1 heterocycles. The van der Waals surface area contributed by atoms with Crippen molar-refractivity contribution in [2.45, 2.75) is 19.1 Å². The second-order valence-corrected chi connectivity index (χ2v) is 7.58. The summed E-state index contributed by atoms with van der Waals surface area (Å²) in [5.74, 6) is -0.851. The Hall–Kier alpha value is -3.15. The van der Waals surface area contributed by atoms with Gasteiger partial charge in [-0.2, -0.15) is 0 Å². The number of hydrogen-bond acceptors (Lipinski definition) is 4. The smallest absolute Gasteiger partial charge is 0.256 e. The van der Waals surface area contributed by atoms with Gasteiger partial charge in [-0.25, -0.2) is 5.06 Å². The summed E-state index contributed by atoms with van der Waals surface area (Å²) >= 11 is 6.04. The quantitative estimate of drug-likeness (QED) is 0.448. The molecule has 0 spiro atoms. The molecule has 0 aromatic heterocycles. The molecule has 0 bridgehead atoms. The third kappa shape index (κ3) is 4.22. The zero-order valence-electron chi connectivity index (χ0n) is 16.2. The Bertz CT molecular complexity index is 1020. The summed E-state index contributed by atoms with van der Waals surface area (Å²) in [6, 6.07) is 25.8. The van der Waals surface area contributed by atoms with Crippen LogP contribution >= 0.6 is 11.6 Å². The first-order valence-corrected chi connectivity index (χ1v) is 10.1. The number of rotatable bonds is 6. The molecule has 30 heavy (non-hydrogen) atoms. The fourth-order valence-electron chi connectivity index (χ4n) is 3.69. The van der Waals surface area contributed by atoms with Gasteiger partial charge < -0.3 is 5.21 Å². The maximum Gasteiger partial charge on any atom is 0.256 e. The lowest BCUT2D eigenvalue weighted by Crippen LogP contribution is -2.30. The number of hydrogen-bond donors (Lipinski definition) is 1. The van der Waals surface area contributed by atoms with Crippen LogP contribution < -0.4 is 0 Å². The molecule has 1 aliphatic rings. The van der Waals surface area contributed by atoms with Crippen molar-refractivity contribution in [3.63, 3.8) is 0 Å². The van der Waals surface area contributed by atoms with E-state index in [-0.39, 0.29) is 12.5 Å². The van der Waals surface area contributed by atoms with Gasteiger partial charge in [-0.3, -0.25) is 9.63 Å². The molecule has 0 radical (unpaired) electrons. The van der Waals surface area contributed by atoms with Gasteiger partial charge in [-0.05, 0) is 35.2 Å². The van der Waals surface area contributed by atoms with Crippen LogP contribution in [0.25, 0.3) is 0 Å². The zero-order chi connectivity index (χ0) is 20.9. The van der Waals surface area contributed by atoms with Crippen molar-refractivity contribution >= 4 is 23.2 Å². The zero-order valence-corrected chi connectivity index (χ0v) is 16.9. The van der Waals surface area contributed by atoms with E-state index in [1.807, 2.05) is 72.8 Å². The third-order valence-corrected chi connectivity index (χ3v) is 5.44. The minimum atomic E-state index is -0.628. The molecule has 0 aliphatic carbocycles. The number of carbonyl (C=O) groups excluding carboxylic acids is 1. The van der Waals surface area contributed by atoms with Crippen molar-refractivity contribution in [3.8, 4) is 0 Å². The van der Waals surface area contributed by atoms with E-state index in [0.717, 1.165) is 16.7 Å². The largest absolute Gasteiger partial charge is 0.411 e. The summed E-state index contributed by atoms with van der Waals surface area (Å²) in [5.41, 5.74) is 3.05. The van der Waals surface area contributed by atoms with Gasteiger partial charge in [-0.1, -0.05) is 89.6 Å². The molecule has 3 aromatic carbocycles. The molecule has 1 saturated heterocycles. The Morgan fingerprint density at radius 2 is 1.50 bits per heavy atom. The number of benzene rings is 3. The van der Waals surface area contributed by atoms with Crippen LogP contribution in [0.15, 0.2) is 90.1 Å². The van der Waals surface area contributed by atoms with E-state index in [4.69, 9.17) is 16.4 Å². The second-order valence-electron chi connectivity index (χ2n) is 7.14. The van der Waals surface area contributed by atoms with E-state index in [1.165, 1.54) is 5.06 Å². The van der Waals surface area contributed by atoms with E-state index in [1.54, 1.807) is 12.1 Å². The molecule has 1 N–H and O–H groups in total. The normalized spacial score (nSPS) is 20.1. The highest BCUT2D eigenvalue weighted by atomic mass is 35.5. The van der Waals surface area contributed by atoms with Gasteiger partial charge in [0.25, 0.3) is 5.91 Å². The van der Waals surface area contributed by atoms with Gasteiger partial charge in [0.1, 0.15) is 12.6 Å². The summed E-state index contributed by atoms with van der Waals surface area (Å²) in [7, 11) is 0. The van der Waals surface area contributed by atoms with Crippen molar-refractivity contribution < 1.29 is 14.8 Å². The van der Waals surface area contributed by atoms with E-state index in [0.29, 0.717) is 17.2 Å². The van der Waals surface area contributed by atoms with Crippen LogP contribution in [0.1, 0.15) is 22.7 Å². The average molecular weight is 421 g/mol. The molecule has 4 rings (SSSR count). The molecule has 1 fully saturated rings. The number of carbonyl (C=O) groups is 1. The van der Waals surface area contributed by atoms with Crippen LogP contribution in [0.3, 0.4) is 0 Å². The molecule has 152 valence electrons. The van der Waals surface area contributed by atoms with Gasteiger partial charge in [0.05, 0.1) is 11.6 Å². The Morgan fingerprint density at radius 3 is 2.10 bits per heavy atom. The standard InChI is InChI=1S/C24H21ClN2O3/c25-20-13-11-19(12-14-20)23-22(26-29)21(15-17-7-3-1-4-8-17)24(28)27(23)30-16-18-9-5-2-6-10-18/h1-14,21,23,29H,15-16H2. The maximum absolute atomic E-state index is 13.3. The van der Waals surface area contributed by atoms with Crippen LogP contribution in [0.4, 0.5) is 0 Å². The van der Waals surface area contributed by atoms with Crippen LogP contribution in [0.2, 0.25) is 5.02 Å². The van der Waals surface area contributed by atoms with E-state index in [9.17, 15) is 10.0 Å². The fraction of sp³-hybridized carbons (Fsp3) is 0.167. The highest BCUT2D eigenvalue weighted by molar-refractivity contribution is 6.30. The van der Waals surface area contributed by atoms with Gasteiger partial charge in [0.15, 0.2) is 0 Å². The molecule has 5 nitrogen and oxygen atoms in total. The Morgan fingerprint density at radius 1 is 0.900 bits per heavy atom. The minimum absolute atomic E-state index is 0.230. The van der Waals surface area contributed by atoms with Crippen molar-refractivity contribution in [1.82, 2.24) is 5.06 Å².